The van der Waals surface area contributed by atoms with Gasteiger partial charge in [0.15, 0.2) is 17.4 Å². The van der Waals surface area contributed by atoms with Crippen molar-refractivity contribution in [2.45, 2.75) is 43.9 Å². The van der Waals surface area contributed by atoms with Gasteiger partial charge in [0, 0.05) is 41.8 Å². The minimum absolute atomic E-state index is 0.0690. The van der Waals surface area contributed by atoms with Crippen molar-refractivity contribution in [3.8, 4) is 23.0 Å². The SMILES string of the molecule is [2H]C([2H])(F)Oc1c(F)ccc2cc(N)cc(-c3ncc4c(N5CCOC[C@H]6[C@H](F)[C@H]65)nc(OC[C@@]56CCCN5C[C@@H](C)C6)nc4c3F)c12. The van der Waals surface area contributed by atoms with Gasteiger partial charge in [0.05, 0.1) is 30.2 Å². The number of benzene rings is 2. The van der Waals surface area contributed by atoms with Crippen molar-refractivity contribution in [3.63, 3.8) is 0 Å². The third-order valence-electron chi connectivity index (χ3n) is 10.0. The topological polar surface area (TPSA) is 98.9 Å². The van der Waals surface area contributed by atoms with Crippen molar-refractivity contribution >= 4 is 33.2 Å². The van der Waals surface area contributed by atoms with Crippen LogP contribution in [-0.2, 0) is 4.74 Å². The van der Waals surface area contributed by atoms with E-state index < -0.39 is 36.4 Å². The van der Waals surface area contributed by atoms with Gasteiger partial charge in [0.25, 0.3) is 0 Å². The third kappa shape index (κ3) is 4.69. The summed E-state index contributed by atoms with van der Waals surface area (Å²) >= 11 is 0. The van der Waals surface area contributed by atoms with Gasteiger partial charge in [-0.15, -0.1) is 0 Å². The number of nitrogen functional groups attached to an aromatic ring is 1. The molecule has 8 rings (SSSR count). The Hall–Kier alpha value is -3.97. The maximum atomic E-state index is 16.9. The summed E-state index contributed by atoms with van der Waals surface area (Å²) in [5.74, 6) is -2.37. The van der Waals surface area contributed by atoms with Crippen molar-refractivity contribution in [3.05, 3.63) is 42.1 Å². The molecule has 2 aromatic heterocycles. The molecule has 4 aromatic rings. The zero-order valence-corrected chi connectivity index (χ0v) is 25.1. The number of hydrogen-bond acceptors (Lipinski definition) is 9. The van der Waals surface area contributed by atoms with Gasteiger partial charge in [-0.1, -0.05) is 13.0 Å². The Morgan fingerprint density at radius 3 is 2.91 bits per heavy atom. The van der Waals surface area contributed by atoms with Crippen molar-refractivity contribution in [1.82, 2.24) is 19.9 Å². The largest absolute Gasteiger partial charge is 0.461 e. The third-order valence-corrected chi connectivity index (χ3v) is 10.0. The lowest BCUT2D eigenvalue weighted by atomic mass is 9.92. The first-order valence-electron chi connectivity index (χ1n) is 16.5. The molecular weight excluding hydrogens is 604 g/mol. The Morgan fingerprint density at radius 1 is 1.20 bits per heavy atom. The zero-order valence-electron chi connectivity index (χ0n) is 27.1. The second-order valence-corrected chi connectivity index (χ2v) is 13.0. The summed E-state index contributed by atoms with van der Waals surface area (Å²) in [4.78, 5) is 17.8. The molecule has 242 valence electrons. The Labute approximate surface area is 265 Å². The summed E-state index contributed by atoms with van der Waals surface area (Å²) in [5.41, 5.74) is 5.58. The summed E-state index contributed by atoms with van der Waals surface area (Å²) in [6, 6.07) is 4.49. The van der Waals surface area contributed by atoms with E-state index in [4.69, 9.17) is 27.7 Å². The van der Waals surface area contributed by atoms with Crippen molar-refractivity contribution in [2.24, 2.45) is 11.8 Å². The standard InChI is InChI=1S/C33H34F4N6O3/c1-17-11-33(5-2-6-42(33)13-17)15-45-32-40-28-21(31(41-32)43-7-8-44-14-22-25(36)29(22)43)12-39-27(26(28)37)20-10-19(38)9-18-3-4-23(35)30(24(18)20)46-16-34/h3-4,9-10,12,17,22,25,29H,2,5-8,11,13-16,38H2,1H3/t17-,22-,25-,29-,33-/m0/s1/i16D2. The van der Waals surface area contributed by atoms with Crippen LogP contribution in [0, 0.1) is 23.5 Å². The minimum Gasteiger partial charge on any atom is -0.461 e. The first-order chi connectivity index (χ1) is 22.9. The summed E-state index contributed by atoms with van der Waals surface area (Å²) < 4.78 is 92.3. The van der Waals surface area contributed by atoms with Gasteiger partial charge in [0.1, 0.15) is 32.5 Å². The fourth-order valence-corrected chi connectivity index (χ4v) is 7.96. The molecule has 1 aliphatic carbocycles. The van der Waals surface area contributed by atoms with E-state index in [9.17, 15) is 8.78 Å². The van der Waals surface area contributed by atoms with E-state index in [2.05, 4.69) is 21.8 Å². The van der Waals surface area contributed by atoms with Crippen LogP contribution in [0.15, 0.2) is 30.5 Å². The molecule has 2 aromatic carbocycles. The number of hydrogen-bond donors (Lipinski definition) is 1. The van der Waals surface area contributed by atoms with Crippen LogP contribution in [0.25, 0.3) is 32.9 Å². The Bertz CT molecular complexity index is 1930. The quantitative estimate of drug-likeness (QED) is 0.209. The van der Waals surface area contributed by atoms with Crippen LogP contribution in [0.3, 0.4) is 0 Å². The Kier molecular flexibility index (Phi) is 6.54. The second-order valence-electron chi connectivity index (χ2n) is 13.0. The first-order valence-corrected chi connectivity index (χ1v) is 15.5. The smallest absolute Gasteiger partial charge is 0.319 e. The molecule has 4 fully saturated rings. The molecule has 46 heavy (non-hydrogen) atoms. The lowest BCUT2D eigenvalue weighted by Gasteiger charge is -2.31. The van der Waals surface area contributed by atoms with E-state index >= 15 is 8.78 Å². The van der Waals surface area contributed by atoms with Crippen LogP contribution in [-0.4, -0.2) is 83.9 Å². The van der Waals surface area contributed by atoms with Gasteiger partial charge >= 0.3 is 6.01 Å². The highest BCUT2D eigenvalue weighted by Crippen LogP contribution is 2.46. The number of ether oxygens (including phenoxy) is 3. The average Bonchev–Trinajstić information content (AvgIpc) is 3.44. The molecule has 9 nitrogen and oxygen atoms in total. The first kappa shape index (κ1) is 27.2. The highest BCUT2D eigenvalue weighted by Gasteiger charge is 2.56. The minimum atomic E-state index is -3.74. The van der Waals surface area contributed by atoms with Crippen LogP contribution in [0.2, 0.25) is 0 Å². The molecule has 2 N–H and O–H groups in total. The molecule has 3 aliphatic heterocycles. The maximum absolute atomic E-state index is 16.9. The van der Waals surface area contributed by atoms with Crippen molar-refractivity contribution in [2.75, 3.05) is 56.9 Å². The fourth-order valence-electron chi connectivity index (χ4n) is 7.96. The summed E-state index contributed by atoms with van der Waals surface area (Å²) in [5, 5.41) is 0.307. The fraction of sp³-hybridized carbons (Fsp3) is 0.485. The van der Waals surface area contributed by atoms with Gasteiger partial charge in [-0.05, 0) is 55.3 Å². The molecule has 0 radical (unpaired) electrons. The van der Waals surface area contributed by atoms with Crippen molar-refractivity contribution in [1.29, 1.82) is 0 Å². The number of nitrogens with two attached hydrogens (primary N) is 1. The number of pyridine rings is 1. The summed E-state index contributed by atoms with van der Waals surface area (Å²) in [6.07, 6.45) is 3.15. The van der Waals surface area contributed by atoms with E-state index in [1.807, 2.05) is 0 Å². The normalized spacial score (nSPS) is 28.5. The van der Waals surface area contributed by atoms with E-state index in [1.165, 1.54) is 24.4 Å². The Balaban J connectivity index is 1.29. The molecule has 5 atom stereocenters. The number of anilines is 2. The molecule has 0 spiro atoms. The lowest BCUT2D eigenvalue weighted by molar-refractivity contribution is 0.107. The van der Waals surface area contributed by atoms with Crippen LogP contribution >= 0.6 is 0 Å². The molecular formula is C33H34F4N6O3. The average molecular weight is 641 g/mol. The Morgan fingerprint density at radius 2 is 2.07 bits per heavy atom. The molecule has 4 aliphatic rings. The van der Waals surface area contributed by atoms with Crippen LogP contribution in [0.1, 0.15) is 28.9 Å². The molecule has 0 amide bonds. The number of aromatic nitrogens is 3. The lowest BCUT2D eigenvalue weighted by Crippen LogP contribution is -2.43. The maximum Gasteiger partial charge on any atom is 0.319 e. The predicted molar refractivity (Wildman–Crippen MR) is 164 cm³/mol. The molecule has 3 saturated heterocycles. The number of alkyl halides is 2. The summed E-state index contributed by atoms with van der Waals surface area (Å²) in [7, 11) is 0. The molecule has 5 heterocycles. The van der Waals surface area contributed by atoms with E-state index in [1.54, 1.807) is 4.90 Å². The molecule has 1 saturated carbocycles. The van der Waals surface area contributed by atoms with Gasteiger partial charge in [-0.25, -0.2) is 17.6 Å². The van der Waals surface area contributed by atoms with E-state index in [-0.39, 0.29) is 68.5 Å². The number of halogens is 4. The number of nitrogens with zero attached hydrogens (tertiary/aromatic N) is 5. The van der Waals surface area contributed by atoms with E-state index in [0.29, 0.717) is 25.7 Å². The van der Waals surface area contributed by atoms with Gasteiger partial charge in [-0.2, -0.15) is 9.97 Å². The highest BCUT2D eigenvalue weighted by molar-refractivity contribution is 6.04. The molecule has 0 unspecified atom stereocenters. The second kappa shape index (κ2) is 11.1. The van der Waals surface area contributed by atoms with Crippen LogP contribution in [0.5, 0.6) is 11.8 Å². The molecule has 13 heteroatoms. The monoisotopic (exact) mass is 640 g/mol. The van der Waals surface area contributed by atoms with Crippen LogP contribution < -0.4 is 20.1 Å². The van der Waals surface area contributed by atoms with E-state index in [0.717, 1.165) is 38.4 Å². The van der Waals surface area contributed by atoms with Crippen molar-refractivity contribution < 1.29 is 34.5 Å². The van der Waals surface area contributed by atoms with Gasteiger partial charge in [-0.3, -0.25) is 9.88 Å². The van der Waals surface area contributed by atoms with Crippen LogP contribution in [0.4, 0.5) is 29.1 Å². The summed E-state index contributed by atoms with van der Waals surface area (Å²) in [6.45, 7) is 1.59. The molecule has 0 bridgehead atoms. The number of rotatable bonds is 7. The number of fused-ring (bicyclic) bond motifs is 4. The van der Waals surface area contributed by atoms with Gasteiger partial charge in [0.2, 0.25) is 6.81 Å². The zero-order chi connectivity index (χ0) is 33.5. The highest BCUT2D eigenvalue weighted by atomic mass is 19.1. The van der Waals surface area contributed by atoms with Gasteiger partial charge < -0.3 is 24.8 Å². The predicted octanol–water partition coefficient (Wildman–Crippen LogP) is 5.44.